The Kier molecular flexibility index (Phi) is 5.28. The first-order valence-corrected chi connectivity index (χ1v) is 8.31. The van der Waals surface area contributed by atoms with E-state index in [0.29, 0.717) is 13.1 Å². The van der Waals surface area contributed by atoms with E-state index >= 15 is 0 Å². The minimum absolute atomic E-state index is 0.256. The van der Waals surface area contributed by atoms with E-state index in [1.165, 1.54) is 0 Å². The Balaban J connectivity index is 1.69. The Morgan fingerprint density at radius 2 is 2.00 bits per heavy atom. The smallest absolute Gasteiger partial charge is 0.231 e. The zero-order chi connectivity index (χ0) is 17.6. The predicted molar refractivity (Wildman–Crippen MR) is 97.0 cm³/mol. The molecule has 0 unspecified atom stereocenters. The van der Waals surface area contributed by atoms with Crippen molar-refractivity contribution < 1.29 is 14.6 Å². The van der Waals surface area contributed by atoms with E-state index in [-0.39, 0.29) is 12.5 Å². The van der Waals surface area contributed by atoms with Crippen molar-refractivity contribution in [3.8, 4) is 17.2 Å². The number of ether oxygens (including phenoxy) is 2. The van der Waals surface area contributed by atoms with E-state index in [9.17, 15) is 5.11 Å². The molecular formula is C19H23N3O3. The first kappa shape index (κ1) is 17.0. The Labute approximate surface area is 147 Å². The van der Waals surface area contributed by atoms with Crippen LogP contribution in [0.5, 0.6) is 17.2 Å². The summed E-state index contributed by atoms with van der Waals surface area (Å²) in [6.45, 7) is 4.30. The molecule has 1 aliphatic rings. The van der Waals surface area contributed by atoms with Gasteiger partial charge in [-0.3, -0.25) is 0 Å². The molecule has 0 amide bonds. The van der Waals surface area contributed by atoms with E-state index < -0.39 is 0 Å². The zero-order valence-corrected chi connectivity index (χ0v) is 14.5. The molecule has 0 radical (unpaired) electrons. The minimum atomic E-state index is 0.256. The van der Waals surface area contributed by atoms with Crippen molar-refractivity contribution in [2.75, 3.05) is 20.4 Å². The highest BCUT2D eigenvalue weighted by atomic mass is 16.7. The lowest BCUT2D eigenvalue weighted by Gasteiger charge is -2.22. The van der Waals surface area contributed by atoms with E-state index in [1.807, 2.05) is 44.3 Å². The number of phenols is 1. The number of guanidine groups is 1. The molecule has 0 fully saturated rings. The lowest BCUT2D eigenvalue weighted by molar-refractivity contribution is 0.174. The molecule has 1 heterocycles. The zero-order valence-electron chi connectivity index (χ0n) is 14.5. The first-order chi connectivity index (χ1) is 12.2. The fourth-order valence-corrected chi connectivity index (χ4v) is 2.68. The van der Waals surface area contributed by atoms with Gasteiger partial charge in [0.2, 0.25) is 6.79 Å². The second-order valence-corrected chi connectivity index (χ2v) is 5.88. The molecular weight excluding hydrogens is 318 g/mol. The normalized spacial score (nSPS) is 13.0. The molecule has 0 atom stereocenters. The van der Waals surface area contributed by atoms with Gasteiger partial charge in [-0.05, 0) is 42.3 Å². The van der Waals surface area contributed by atoms with Crippen LogP contribution in [0.25, 0.3) is 0 Å². The van der Waals surface area contributed by atoms with Crippen LogP contribution in [0.1, 0.15) is 18.1 Å². The summed E-state index contributed by atoms with van der Waals surface area (Å²) in [6.07, 6.45) is 0. The summed E-state index contributed by atoms with van der Waals surface area (Å²) >= 11 is 0. The number of hydrogen-bond donors (Lipinski definition) is 2. The van der Waals surface area contributed by atoms with Gasteiger partial charge < -0.3 is 24.8 Å². The number of aromatic hydroxyl groups is 1. The number of nitrogens with one attached hydrogen (secondary N) is 1. The van der Waals surface area contributed by atoms with Gasteiger partial charge in [0.1, 0.15) is 5.75 Å². The molecule has 2 aromatic rings. The molecule has 0 saturated heterocycles. The number of nitrogens with zero attached hydrogens (tertiary/aromatic N) is 2. The van der Waals surface area contributed by atoms with Crippen LogP contribution in [-0.2, 0) is 13.1 Å². The highest BCUT2D eigenvalue weighted by molar-refractivity contribution is 5.79. The van der Waals surface area contributed by atoms with Gasteiger partial charge in [-0.15, -0.1) is 0 Å². The van der Waals surface area contributed by atoms with Crippen molar-refractivity contribution in [1.82, 2.24) is 10.2 Å². The fourth-order valence-electron chi connectivity index (χ4n) is 2.68. The highest BCUT2D eigenvalue weighted by Crippen LogP contribution is 2.32. The SMILES string of the molecule is CCNC(=NCc1cccc(O)c1)N(C)Cc1ccc2c(c1)OCO2. The van der Waals surface area contributed by atoms with Crippen molar-refractivity contribution in [2.24, 2.45) is 4.99 Å². The van der Waals surface area contributed by atoms with Gasteiger partial charge in [0.25, 0.3) is 0 Å². The molecule has 132 valence electrons. The molecule has 3 rings (SSSR count). The molecule has 0 aliphatic carbocycles. The summed E-state index contributed by atoms with van der Waals surface area (Å²) < 4.78 is 10.8. The van der Waals surface area contributed by atoms with Crippen LogP contribution in [0.3, 0.4) is 0 Å². The molecule has 6 heteroatoms. The summed E-state index contributed by atoms with van der Waals surface area (Å²) in [5.74, 6) is 2.64. The molecule has 0 spiro atoms. The molecule has 1 aliphatic heterocycles. The Hall–Kier alpha value is -2.89. The van der Waals surface area contributed by atoms with Gasteiger partial charge in [0, 0.05) is 20.1 Å². The maximum atomic E-state index is 9.57. The topological polar surface area (TPSA) is 66.3 Å². The van der Waals surface area contributed by atoms with E-state index in [0.717, 1.165) is 35.1 Å². The fraction of sp³-hybridized carbons (Fsp3) is 0.316. The van der Waals surface area contributed by atoms with Crippen molar-refractivity contribution in [3.05, 3.63) is 53.6 Å². The molecule has 2 N–H and O–H groups in total. The number of fused-ring (bicyclic) bond motifs is 1. The summed E-state index contributed by atoms with van der Waals surface area (Å²) in [5, 5.41) is 12.9. The summed E-state index contributed by atoms with van der Waals surface area (Å²) in [5.41, 5.74) is 2.08. The van der Waals surface area contributed by atoms with Gasteiger partial charge in [-0.2, -0.15) is 0 Å². The van der Waals surface area contributed by atoms with E-state index in [1.54, 1.807) is 12.1 Å². The van der Waals surface area contributed by atoms with Crippen molar-refractivity contribution in [1.29, 1.82) is 0 Å². The van der Waals surface area contributed by atoms with Gasteiger partial charge in [0.15, 0.2) is 17.5 Å². The number of aliphatic imine (C=N–C) groups is 1. The largest absolute Gasteiger partial charge is 0.508 e. The second kappa shape index (κ2) is 7.79. The van der Waals surface area contributed by atoms with Crippen LogP contribution in [0, 0.1) is 0 Å². The van der Waals surface area contributed by atoms with Crippen LogP contribution in [0.15, 0.2) is 47.5 Å². The van der Waals surface area contributed by atoms with Crippen LogP contribution in [0.2, 0.25) is 0 Å². The lowest BCUT2D eigenvalue weighted by Crippen LogP contribution is -2.38. The number of rotatable bonds is 5. The third-order valence-electron chi connectivity index (χ3n) is 3.88. The quantitative estimate of drug-likeness (QED) is 0.647. The van der Waals surface area contributed by atoms with Crippen molar-refractivity contribution in [3.63, 3.8) is 0 Å². The standard InChI is InChI=1S/C19H23N3O3/c1-3-20-19(21-11-14-5-4-6-16(23)9-14)22(2)12-15-7-8-17-18(10-15)25-13-24-17/h4-10,23H,3,11-13H2,1-2H3,(H,20,21). The Bertz CT molecular complexity index is 761. The monoisotopic (exact) mass is 341 g/mol. The maximum absolute atomic E-state index is 9.57. The van der Waals surface area contributed by atoms with Crippen molar-refractivity contribution >= 4 is 5.96 Å². The number of hydrogen-bond acceptors (Lipinski definition) is 4. The lowest BCUT2D eigenvalue weighted by atomic mass is 10.2. The third-order valence-corrected chi connectivity index (χ3v) is 3.88. The number of phenolic OH excluding ortho intramolecular Hbond substituents is 1. The van der Waals surface area contributed by atoms with Gasteiger partial charge in [-0.25, -0.2) is 4.99 Å². The molecule has 6 nitrogen and oxygen atoms in total. The average molecular weight is 341 g/mol. The Morgan fingerprint density at radius 1 is 1.16 bits per heavy atom. The number of benzene rings is 2. The van der Waals surface area contributed by atoms with Gasteiger partial charge in [-0.1, -0.05) is 18.2 Å². The van der Waals surface area contributed by atoms with Crippen LogP contribution in [0.4, 0.5) is 0 Å². The summed E-state index contributed by atoms with van der Waals surface area (Å²) in [4.78, 5) is 6.72. The Morgan fingerprint density at radius 3 is 2.80 bits per heavy atom. The molecule has 0 aromatic heterocycles. The summed E-state index contributed by atoms with van der Waals surface area (Å²) in [7, 11) is 1.99. The van der Waals surface area contributed by atoms with Gasteiger partial charge in [0.05, 0.1) is 6.54 Å². The third kappa shape index (κ3) is 4.35. The van der Waals surface area contributed by atoms with E-state index in [2.05, 4.69) is 15.2 Å². The van der Waals surface area contributed by atoms with Gasteiger partial charge >= 0.3 is 0 Å². The van der Waals surface area contributed by atoms with E-state index in [4.69, 9.17) is 9.47 Å². The predicted octanol–water partition coefficient (Wildman–Crippen LogP) is 2.72. The maximum Gasteiger partial charge on any atom is 0.231 e. The molecule has 25 heavy (non-hydrogen) atoms. The second-order valence-electron chi connectivity index (χ2n) is 5.88. The molecule has 2 aromatic carbocycles. The van der Waals surface area contributed by atoms with Crippen LogP contribution in [-0.4, -0.2) is 36.4 Å². The van der Waals surface area contributed by atoms with Crippen LogP contribution < -0.4 is 14.8 Å². The highest BCUT2D eigenvalue weighted by Gasteiger charge is 2.14. The first-order valence-electron chi connectivity index (χ1n) is 8.31. The van der Waals surface area contributed by atoms with Crippen molar-refractivity contribution in [2.45, 2.75) is 20.0 Å². The summed E-state index contributed by atoms with van der Waals surface area (Å²) in [6, 6.07) is 13.1. The minimum Gasteiger partial charge on any atom is -0.508 e. The van der Waals surface area contributed by atoms with Crippen LogP contribution >= 0.6 is 0 Å². The molecule has 0 saturated carbocycles. The molecule has 0 bridgehead atoms. The average Bonchev–Trinajstić information content (AvgIpc) is 3.06.